The molecule has 1 aromatic carbocycles. The van der Waals surface area contributed by atoms with Crippen molar-refractivity contribution in [2.75, 3.05) is 0 Å². The van der Waals surface area contributed by atoms with E-state index in [0.717, 1.165) is 11.4 Å². The third-order valence-electron chi connectivity index (χ3n) is 2.19. The molecule has 1 aliphatic carbocycles. The summed E-state index contributed by atoms with van der Waals surface area (Å²) in [6.07, 6.45) is 13.3. The van der Waals surface area contributed by atoms with Crippen LogP contribution in [0.4, 0.5) is 5.69 Å². The van der Waals surface area contributed by atoms with Crippen molar-refractivity contribution in [1.82, 2.24) is 0 Å². The second-order valence-corrected chi connectivity index (χ2v) is 3.26. The lowest BCUT2D eigenvalue weighted by Gasteiger charge is -2.08. The highest BCUT2D eigenvalue weighted by atomic mass is 14.7. The van der Waals surface area contributed by atoms with Crippen LogP contribution in [-0.2, 0) is 0 Å². The molecule has 1 atom stereocenters. The Bertz CT molecular complexity index is 458. The Balaban J connectivity index is 2.31. The van der Waals surface area contributed by atoms with Gasteiger partial charge in [0.05, 0.1) is 17.3 Å². The first-order valence-electron chi connectivity index (χ1n) is 4.85. The highest BCUT2D eigenvalue weighted by Gasteiger charge is 2.09. The van der Waals surface area contributed by atoms with Crippen LogP contribution in [0.25, 0.3) is 0 Å². The molecule has 1 heteroatoms. The predicted octanol–water partition coefficient (Wildman–Crippen LogP) is 3.13. The first-order valence-corrected chi connectivity index (χ1v) is 4.85. The number of nitrogens with zero attached hydrogens (tertiary/aromatic N) is 1. The summed E-state index contributed by atoms with van der Waals surface area (Å²) in [5.41, 5.74) is 1.86. The van der Waals surface area contributed by atoms with Gasteiger partial charge in [-0.3, -0.25) is 4.99 Å². The van der Waals surface area contributed by atoms with Gasteiger partial charge in [-0.25, -0.2) is 0 Å². The van der Waals surface area contributed by atoms with Gasteiger partial charge in [0.1, 0.15) is 0 Å². The third kappa shape index (κ3) is 2.24. The average Bonchev–Trinajstić information content (AvgIpc) is 2.31. The van der Waals surface area contributed by atoms with E-state index in [1.54, 1.807) is 0 Å². The normalized spacial score (nSPS) is 21.5. The van der Waals surface area contributed by atoms with E-state index < -0.39 is 0 Å². The fourth-order valence-electron chi connectivity index (χ4n) is 1.43. The lowest BCUT2D eigenvalue weighted by molar-refractivity contribution is 1.18. The molecule has 72 valence electrons. The largest absolute Gasteiger partial charge is 0.252 e. The van der Waals surface area contributed by atoms with Crippen LogP contribution in [0.2, 0.25) is 0 Å². The minimum atomic E-state index is -0.00444. The van der Waals surface area contributed by atoms with Crippen LogP contribution in [-0.4, -0.2) is 5.71 Å². The number of allylic oxidation sites excluding steroid dienone is 4. The Morgan fingerprint density at radius 1 is 1.13 bits per heavy atom. The van der Waals surface area contributed by atoms with E-state index in [4.69, 9.17) is 6.42 Å². The van der Waals surface area contributed by atoms with Crippen molar-refractivity contribution in [2.45, 2.75) is 0 Å². The van der Waals surface area contributed by atoms with Crippen LogP contribution in [0.15, 0.2) is 59.6 Å². The van der Waals surface area contributed by atoms with E-state index in [1.165, 1.54) is 0 Å². The smallest absolute Gasteiger partial charge is 0.0805 e. The molecule has 0 aromatic heterocycles. The van der Waals surface area contributed by atoms with Crippen molar-refractivity contribution in [3.05, 3.63) is 54.6 Å². The lowest BCUT2D eigenvalue weighted by atomic mass is 9.99. The standard InChI is InChI=1S/C14H11N/c1-2-12-8-6-7-11-14(12)15-13-9-4-3-5-10-13/h1,3-12H. The highest BCUT2D eigenvalue weighted by molar-refractivity contribution is 6.02. The van der Waals surface area contributed by atoms with Crippen molar-refractivity contribution in [3.8, 4) is 12.3 Å². The molecule has 1 nitrogen and oxygen atoms in total. The zero-order valence-corrected chi connectivity index (χ0v) is 8.30. The molecule has 0 saturated heterocycles. The van der Waals surface area contributed by atoms with Crippen LogP contribution in [0.5, 0.6) is 0 Å². The molecule has 0 aliphatic heterocycles. The maximum Gasteiger partial charge on any atom is 0.0805 e. The van der Waals surface area contributed by atoms with E-state index in [1.807, 2.05) is 54.6 Å². The second kappa shape index (κ2) is 4.43. The maximum atomic E-state index is 5.43. The summed E-state index contributed by atoms with van der Waals surface area (Å²) in [5.74, 6) is 2.70. The molecule has 0 radical (unpaired) electrons. The number of terminal acetylenes is 1. The minimum Gasteiger partial charge on any atom is -0.252 e. The molecule has 0 N–H and O–H groups in total. The molecule has 15 heavy (non-hydrogen) atoms. The number of hydrogen-bond acceptors (Lipinski definition) is 1. The molecule has 1 unspecified atom stereocenters. The molecule has 0 fully saturated rings. The zero-order valence-electron chi connectivity index (χ0n) is 8.30. The number of benzene rings is 1. The maximum absolute atomic E-state index is 5.43. The van der Waals surface area contributed by atoms with Gasteiger partial charge in [-0.05, 0) is 18.2 Å². The van der Waals surface area contributed by atoms with Crippen LogP contribution in [0.3, 0.4) is 0 Å². The Morgan fingerprint density at radius 3 is 2.67 bits per heavy atom. The molecule has 1 aliphatic rings. The van der Waals surface area contributed by atoms with Gasteiger partial charge >= 0.3 is 0 Å². The first-order chi connectivity index (χ1) is 7.40. The quantitative estimate of drug-likeness (QED) is 0.607. The Labute approximate surface area is 89.9 Å². The molecule has 1 aromatic rings. The van der Waals surface area contributed by atoms with Gasteiger partial charge in [-0.2, -0.15) is 0 Å². The summed E-state index contributed by atoms with van der Waals surface area (Å²) in [7, 11) is 0. The van der Waals surface area contributed by atoms with E-state index >= 15 is 0 Å². The van der Waals surface area contributed by atoms with Gasteiger partial charge in [-0.1, -0.05) is 42.3 Å². The van der Waals surface area contributed by atoms with Gasteiger partial charge in [-0.15, -0.1) is 6.42 Å². The summed E-state index contributed by atoms with van der Waals surface area (Å²) in [5, 5.41) is 0. The lowest BCUT2D eigenvalue weighted by Crippen LogP contribution is -2.09. The summed E-state index contributed by atoms with van der Waals surface area (Å²) in [4.78, 5) is 4.51. The van der Waals surface area contributed by atoms with E-state index in [0.29, 0.717) is 0 Å². The topological polar surface area (TPSA) is 12.4 Å². The van der Waals surface area contributed by atoms with Crippen LogP contribution >= 0.6 is 0 Å². The molecule has 0 spiro atoms. The zero-order chi connectivity index (χ0) is 10.5. The SMILES string of the molecule is C#CC1C=CC=CC1=Nc1ccccc1. The van der Waals surface area contributed by atoms with Gasteiger partial charge in [0.2, 0.25) is 0 Å². The predicted molar refractivity (Wildman–Crippen MR) is 64.1 cm³/mol. The fraction of sp³-hybridized carbons (Fsp3) is 0.0714. The van der Waals surface area contributed by atoms with Crippen molar-refractivity contribution in [3.63, 3.8) is 0 Å². The summed E-state index contributed by atoms with van der Waals surface area (Å²) in [6.45, 7) is 0. The van der Waals surface area contributed by atoms with Crippen molar-refractivity contribution in [2.24, 2.45) is 10.9 Å². The Morgan fingerprint density at radius 2 is 1.93 bits per heavy atom. The minimum absolute atomic E-state index is 0.00444. The fourth-order valence-corrected chi connectivity index (χ4v) is 1.43. The van der Waals surface area contributed by atoms with Gasteiger partial charge in [0.25, 0.3) is 0 Å². The number of aliphatic imine (C=N–C) groups is 1. The first kappa shape index (κ1) is 9.48. The van der Waals surface area contributed by atoms with Crippen LogP contribution in [0, 0.1) is 18.3 Å². The Hall–Kier alpha value is -2.07. The van der Waals surface area contributed by atoms with Crippen LogP contribution < -0.4 is 0 Å². The second-order valence-electron chi connectivity index (χ2n) is 3.26. The molecule has 0 saturated carbocycles. The van der Waals surface area contributed by atoms with Crippen molar-refractivity contribution in [1.29, 1.82) is 0 Å². The summed E-state index contributed by atoms with van der Waals surface area (Å²) >= 11 is 0. The molecule has 2 rings (SSSR count). The third-order valence-corrected chi connectivity index (χ3v) is 2.19. The molecular formula is C14H11N. The molecular weight excluding hydrogens is 182 g/mol. The molecule has 0 bridgehead atoms. The van der Waals surface area contributed by atoms with Crippen LogP contribution in [0.1, 0.15) is 0 Å². The van der Waals surface area contributed by atoms with Crippen molar-refractivity contribution < 1.29 is 0 Å². The van der Waals surface area contributed by atoms with E-state index in [-0.39, 0.29) is 5.92 Å². The highest BCUT2D eigenvalue weighted by Crippen LogP contribution is 2.16. The van der Waals surface area contributed by atoms with Gasteiger partial charge in [0, 0.05) is 0 Å². The average molecular weight is 193 g/mol. The number of para-hydroxylation sites is 1. The number of rotatable bonds is 1. The Kier molecular flexibility index (Phi) is 2.80. The monoisotopic (exact) mass is 193 g/mol. The summed E-state index contributed by atoms with van der Waals surface area (Å²) in [6, 6.07) is 9.83. The van der Waals surface area contributed by atoms with Gasteiger partial charge < -0.3 is 0 Å². The molecule has 0 amide bonds. The summed E-state index contributed by atoms with van der Waals surface area (Å²) < 4.78 is 0. The number of hydrogen-bond donors (Lipinski definition) is 0. The van der Waals surface area contributed by atoms with E-state index in [9.17, 15) is 0 Å². The van der Waals surface area contributed by atoms with Gasteiger partial charge in [0.15, 0.2) is 0 Å². The molecule has 0 heterocycles. The van der Waals surface area contributed by atoms with Crippen molar-refractivity contribution >= 4 is 11.4 Å². The van der Waals surface area contributed by atoms with E-state index in [2.05, 4.69) is 10.9 Å².